The highest BCUT2D eigenvalue weighted by molar-refractivity contribution is 4.92. The number of nitrogens with zero attached hydrogens (tertiary/aromatic N) is 6. The molecule has 0 bridgehead atoms. The third-order valence-corrected chi connectivity index (χ3v) is 4.28. The van der Waals surface area contributed by atoms with Crippen LogP contribution in [0.1, 0.15) is 30.3 Å². The van der Waals surface area contributed by atoms with E-state index in [9.17, 15) is 0 Å². The number of piperidine rings is 1. The van der Waals surface area contributed by atoms with Gasteiger partial charge >= 0.3 is 0 Å². The zero-order valence-corrected chi connectivity index (χ0v) is 13.2. The SMILES string of the molecule is Cc1nc(C)n(C[C@H]2CCCN(Cc3nccn3C)C2)n1. The summed E-state index contributed by atoms with van der Waals surface area (Å²) < 4.78 is 4.17. The summed E-state index contributed by atoms with van der Waals surface area (Å²) in [6.07, 6.45) is 6.41. The Morgan fingerprint density at radius 3 is 2.86 bits per heavy atom. The molecule has 1 aliphatic rings. The molecular formula is C15H24N6. The number of aromatic nitrogens is 5. The average molecular weight is 288 g/mol. The van der Waals surface area contributed by atoms with E-state index in [0.29, 0.717) is 5.92 Å². The van der Waals surface area contributed by atoms with E-state index in [1.54, 1.807) is 0 Å². The monoisotopic (exact) mass is 288 g/mol. The van der Waals surface area contributed by atoms with Crippen molar-refractivity contribution >= 4 is 0 Å². The van der Waals surface area contributed by atoms with E-state index in [2.05, 4.69) is 36.3 Å². The lowest BCUT2D eigenvalue weighted by Crippen LogP contribution is -2.37. The van der Waals surface area contributed by atoms with Crippen molar-refractivity contribution in [3.8, 4) is 0 Å². The van der Waals surface area contributed by atoms with Gasteiger partial charge in [0, 0.05) is 32.5 Å². The Morgan fingerprint density at radius 1 is 1.33 bits per heavy atom. The van der Waals surface area contributed by atoms with Gasteiger partial charge in [0.05, 0.1) is 6.54 Å². The molecule has 3 rings (SSSR count). The molecule has 2 aromatic rings. The molecule has 21 heavy (non-hydrogen) atoms. The molecule has 1 aliphatic heterocycles. The van der Waals surface area contributed by atoms with Crippen LogP contribution >= 0.6 is 0 Å². The Morgan fingerprint density at radius 2 is 2.19 bits per heavy atom. The lowest BCUT2D eigenvalue weighted by Gasteiger charge is -2.32. The van der Waals surface area contributed by atoms with Gasteiger partial charge in [0.15, 0.2) is 0 Å². The Bertz CT molecular complexity index is 599. The molecule has 0 saturated carbocycles. The fourth-order valence-electron chi connectivity index (χ4n) is 3.17. The quantitative estimate of drug-likeness (QED) is 0.856. The molecule has 6 nitrogen and oxygen atoms in total. The van der Waals surface area contributed by atoms with E-state index in [-0.39, 0.29) is 0 Å². The maximum absolute atomic E-state index is 4.49. The lowest BCUT2D eigenvalue weighted by atomic mass is 9.98. The zero-order valence-electron chi connectivity index (χ0n) is 13.2. The van der Waals surface area contributed by atoms with E-state index < -0.39 is 0 Å². The predicted octanol–water partition coefficient (Wildman–Crippen LogP) is 1.54. The van der Waals surface area contributed by atoms with E-state index in [0.717, 1.165) is 37.1 Å². The summed E-state index contributed by atoms with van der Waals surface area (Å²) in [5.74, 6) is 3.68. The minimum absolute atomic E-state index is 0.652. The van der Waals surface area contributed by atoms with Crippen molar-refractivity contribution in [1.29, 1.82) is 0 Å². The van der Waals surface area contributed by atoms with Crippen LogP contribution in [-0.4, -0.2) is 42.3 Å². The molecule has 0 unspecified atom stereocenters. The maximum atomic E-state index is 4.49. The van der Waals surface area contributed by atoms with Gasteiger partial charge in [0.25, 0.3) is 0 Å². The van der Waals surface area contributed by atoms with Crippen LogP contribution in [0.25, 0.3) is 0 Å². The summed E-state index contributed by atoms with van der Waals surface area (Å²) in [5, 5.41) is 4.49. The van der Waals surface area contributed by atoms with Crippen LogP contribution in [0.4, 0.5) is 0 Å². The van der Waals surface area contributed by atoms with Crippen molar-refractivity contribution in [2.45, 2.75) is 39.8 Å². The van der Waals surface area contributed by atoms with E-state index >= 15 is 0 Å². The number of hydrogen-bond donors (Lipinski definition) is 0. The van der Waals surface area contributed by atoms with Crippen molar-refractivity contribution in [2.24, 2.45) is 13.0 Å². The van der Waals surface area contributed by atoms with Crippen molar-refractivity contribution in [3.63, 3.8) is 0 Å². The Kier molecular flexibility index (Phi) is 4.05. The number of rotatable bonds is 4. The summed E-state index contributed by atoms with van der Waals surface area (Å²) in [6, 6.07) is 0. The molecule has 3 heterocycles. The highest BCUT2D eigenvalue weighted by atomic mass is 15.3. The Balaban J connectivity index is 1.60. The van der Waals surface area contributed by atoms with Gasteiger partial charge in [-0.25, -0.2) is 14.6 Å². The fourth-order valence-corrected chi connectivity index (χ4v) is 3.17. The number of hydrogen-bond acceptors (Lipinski definition) is 4. The van der Waals surface area contributed by atoms with Gasteiger partial charge in [-0.3, -0.25) is 4.90 Å². The highest BCUT2D eigenvalue weighted by Crippen LogP contribution is 2.20. The van der Waals surface area contributed by atoms with Gasteiger partial charge in [0.1, 0.15) is 17.5 Å². The first-order valence-corrected chi connectivity index (χ1v) is 7.68. The van der Waals surface area contributed by atoms with Crippen LogP contribution in [-0.2, 0) is 20.1 Å². The Labute approximate surface area is 125 Å². The second kappa shape index (κ2) is 5.97. The summed E-state index contributed by atoms with van der Waals surface area (Å²) in [5.41, 5.74) is 0. The van der Waals surface area contributed by atoms with Gasteiger partial charge in [-0.2, -0.15) is 5.10 Å². The van der Waals surface area contributed by atoms with Crippen LogP contribution < -0.4 is 0 Å². The minimum atomic E-state index is 0.652. The summed E-state index contributed by atoms with van der Waals surface area (Å²) >= 11 is 0. The van der Waals surface area contributed by atoms with E-state index in [1.165, 1.54) is 19.4 Å². The number of imidazole rings is 1. The number of aryl methyl sites for hydroxylation is 3. The minimum Gasteiger partial charge on any atom is -0.337 e. The average Bonchev–Trinajstić information content (AvgIpc) is 2.97. The second-order valence-corrected chi connectivity index (χ2v) is 6.09. The first-order valence-electron chi connectivity index (χ1n) is 7.68. The molecule has 0 amide bonds. The predicted molar refractivity (Wildman–Crippen MR) is 80.7 cm³/mol. The van der Waals surface area contributed by atoms with Crippen molar-refractivity contribution in [1.82, 2.24) is 29.2 Å². The molecule has 0 N–H and O–H groups in total. The van der Waals surface area contributed by atoms with Gasteiger partial charge in [0.2, 0.25) is 0 Å². The van der Waals surface area contributed by atoms with Crippen LogP contribution in [0.15, 0.2) is 12.4 Å². The maximum Gasteiger partial charge on any atom is 0.147 e. The van der Waals surface area contributed by atoms with Gasteiger partial charge in [-0.1, -0.05) is 0 Å². The molecule has 114 valence electrons. The molecule has 1 saturated heterocycles. The third kappa shape index (κ3) is 3.32. The standard InChI is InChI=1S/C15H24N6/c1-12-17-13(2)21(18-12)10-14-5-4-7-20(9-14)11-15-16-6-8-19(15)3/h6,8,14H,4-5,7,9-11H2,1-3H3/t14-/m0/s1. The smallest absolute Gasteiger partial charge is 0.147 e. The molecule has 0 spiro atoms. The van der Waals surface area contributed by atoms with E-state index in [4.69, 9.17) is 0 Å². The van der Waals surface area contributed by atoms with Gasteiger partial charge in [-0.05, 0) is 39.2 Å². The Hall–Kier alpha value is -1.69. The van der Waals surface area contributed by atoms with Gasteiger partial charge < -0.3 is 4.57 Å². The second-order valence-electron chi connectivity index (χ2n) is 6.09. The molecule has 1 atom stereocenters. The molecule has 0 aliphatic carbocycles. The van der Waals surface area contributed by atoms with Crippen LogP contribution in [0.3, 0.4) is 0 Å². The zero-order chi connectivity index (χ0) is 14.8. The van der Waals surface area contributed by atoms with Crippen LogP contribution in [0.2, 0.25) is 0 Å². The van der Waals surface area contributed by atoms with Crippen molar-refractivity contribution < 1.29 is 0 Å². The largest absolute Gasteiger partial charge is 0.337 e. The van der Waals surface area contributed by atoms with Crippen LogP contribution in [0, 0.1) is 19.8 Å². The fraction of sp³-hybridized carbons (Fsp3) is 0.667. The molecule has 6 heteroatoms. The molecule has 0 aromatic carbocycles. The summed E-state index contributed by atoms with van der Waals surface area (Å²) in [7, 11) is 2.06. The highest BCUT2D eigenvalue weighted by Gasteiger charge is 2.22. The van der Waals surface area contributed by atoms with Crippen LogP contribution in [0.5, 0.6) is 0 Å². The topological polar surface area (TPSA) is 51.8 Å². The molecule has 0 radical (unpaired) electrons. The first-order chi connectivity index (χ1) is 10.1. The number of likely N-dealkylation sites (tertiary alicyclic amines) is 1. The molecular weight excluding hydrogens is 264 g/mol. The third-order valence-electron chi connectivity index (χ3n) is 4.28. The molecule has 1 fully saturated rings. The lowest BCUT2D eigenvalue weighted by molar-refractivity contribution is 0.148. The van der Waals surface area contributed by atoms with Gasteiger partial charge in [-0.15, -0.1) is 0 Å². The van der Waals surface area contributed by atoms with Crippen molar-refractivity contribution in [2.75, 3.05) is 13.1 Å². The summed E-state index contributed by atoms with van der Waals surface area (Å²) in [6.45, 7) is 8.19. The van der Waals surface area contributed by atoms with Crippen molar-refractivity contribution in [3.05, 3.63) is 29.9 Å². The normalized spacial score (nSPS) is 20.0. The van der Waals surface area contributed by atoms with E-state index in [1.807, 2.05) is 26.2 Å². The first kappa shape index (κ1) is 14.3. The summed E-state index contributed by atoms with van der Waals surface area (Å²) in [4.78, 5) is 11.3. The molecule has 2 aromatic heterocycles.